The zero-order valence-electron chi connectivity index (χ0n) is 21.0. The molecule has 0 aromatic carbocycles. The van der Waals surface area contributed by atoms with E-state index < -0.39 is 48.7 Å². The zero-order valence-corrected chi connectivity index (χ0v) is 21.0. The lowest BCUT2D eigenvalue weighted by Gasteiger charge is -2.42. The number of hydrogen-bond donors (Lipinski definition) is 6. The molecule has 15 nitrogen and oxygen atoms in total. The fraction of sp³-hybridized carbons (Fsp3) is 0.652. The minimum atomic E-state index is -1.53. The number of anilines is 1. The first-order valence-corrected chi connectivity index (χ1v) is 12.4. The summed E-state index contributed by atoms with van der Waals surface area (Å²) in [6.45, 7) is -0.336. The fourth-order valence-electron chi connectivity index (χ4n) is 4.03. The minimum absolute atomic E-state index is 0.0466. The third-order valence-electron chi connectivity index (χ3n) is 6.13. The summed E-state index contributed by atoms with van der Waals surface area (Å²) < 4.78 is 16.0. The molecule has 38 heavy (non-hydrogen) atoms. The van der Waals surface area contributed by atoms with Crippen LogP contribution < -0.4 is 16.6 Å². The number of unbranched alkanes of at least 4 members (excludes halogenated alkanes) is 5. The predicted molar refractivity (Wildman–Crippen MR) is 132 cm³/mol. The summed E-state index contributed by atoms with van der Waals surface area (Å²) >= 11 is 0. The van der Waals surface area contributed by atoms with Gasteiger partial charge in [-0.1, -0.05) is 25.7 Å². The van der Waals surface area contributed by atoms with Crippen molar-refractivity contribution in [2.45, 2.75) is 75.6 Å². The second kappa shape index (κ2) is 14.1. The van der Waals surface area contributed by atoms with Crippen LogP contribution in [0.4, 0.5) is 5.95 Å². The van der Waals surface area contributed by atoms with Crippen molar-refractivity contribution in [1.29, 1.82) is 0 Å². The zero-order chi connectivity index (χ0) is 27.7. The Bertz CT molecular complexity index is 1150. The summed E-state index contributed by atoms with van der Waals surface area (Å²) in [5.41, 5.74) is 4.31. The number of fused-ring (bicyclic) bond motifs is 1. The van der Waals surface area contributed by atoms with Gasteiger partial charge in [0.1, 0.15) is 30.0 Å². The second-order valence-electron chi connectivity index (χ2n) is 8.90. The largest absolute Gasteiger partial charge is 0.469 e. The van der Waals surface area contributed by atoms with E-state index in [0.717, 1.165) is 38.3 Å². The highest BCUT2D eigenvalue weighted by Crippen LogP contribution is 2.23. The second-order valence-corrected chi connectivity index (χ2v) is 8.90. The molecule has 1 aliphatic rings. The number of esters is 1. The van der Waals surface area contributed by atoms with Gasteiger partial charge in [-0.3, -0.25) is 19.4 Å². The first kappa shape index (κ1) is 29.3. The number of carbonyl (C=O) groups is 2. The van der Waals surface area contributed by atoms with Crippen molar-refractivity contribution >= 4 is 29.0 Å². The van der Waals surface area contributed by atoms with Crippen LogP contribution in [-0.4, -0.2) is 98.1 Å². The first-order valence-electron chi connectivity index (χ1n) is 12.4. The van der Waals surface area contributed by atoms with Gasteiger partial charge in [-0.2, -0.15) is 4.98 Å². The Morgan fingerprint density at radius 1 is 1.13 bits per heavy atom. The predicted octanol–water partition coefficient (Wildman–Crippen LogP) is -1.25. The Labute approximate surface area is 217 Å². The van der Waals surface area contributed by atoms with Crippen LogP contribution in [0.1, 0.15) is 55.4 Å². The summed E-state index contributed by atoms with van der Waals surface area (Å²) in [5, 5.41) is 33.0. The number of methoxy groups -OCH3 is 1. The maximum Gasteiger partial charge on any atom is 0.305 e. The monoisotopic (exact) mass is 538 g/mol. The number of carbonyl (C=O) groups excluding carboxylic acids is 2. The quantitative estimate of drug-likeness (QED) is 0.129. The third-order valence-corrected chi connectivity index (χ3v) is 6.13. The highest BCUT2D eigenvalue weighted by atomic mass is 16.7. The highest BCUT2D eigenvalue weighted by molar-refractivity contribution is 5.93. The van der Waals surface area contributed by atoms with Gasteiger partial charge in [-0.05, 0) is 12.8 Å². The molecule has 1 fully saturated rings. The van der Waals surface area contributed by atoms with E-state index in [1.54, 1.807) is 0 Å². The van der Waals surface area contributed by atoms with Crippen molar-refractivity contribution in [2.75, 3.05) is 26.1 Å². The topological polar surface area (TPSA) is 232 Å². The van der Waals surface area contributed by atoms with Gasteiger partial charge >= 0.3 is 5.97 Å². The molecule has 1 aliphatic heterocycles. The number of ether oxygens (including phenoxy) is 3. The molecule has 2 aromatic rings. The van der Waals surface area contributed by atoms with Crippen LogP contribution in [0.25, 0.3) is 11.2 Å². The lowest BCUT2D eigenvalue weighted by molar-refractivity contribution is -0.269. The summed E-state index contributed by atoms with van der Waals surface area (Å²) in [6.07, 6.45) is 1.24. The molecule has 0 spiro atoms. The maximum absolute atomic E-state index is 12.9. The number of rotatable bonds is 13. The van der Waals surface area contributed by atoms with Gasteiger partial charge in [0.25, 0.3) is 11.5 Å². The molecule has 7 N–H and O–H groups in total. The van der Waals surface area contributed by atoms with Crippen LogP contribution in [0.3, 0.4) is 0 Å². The Hall–Kier alpha value is -3.24. The number of nitrogens with one attached hydrogen (secondary N) is 2. The molecule has 0 aliphatic carbocycles. The molecule has 3 rings (SSSR count). The lowest BCUT2D eigenvalue weighted by atomic mass is 9.97. The molecule has 2 aromatic heterocycles. The van der Waals surface area contributed by atoms with E-state index in [2.05, 4.69) is 30.0 Å². The molecule has 3 heterocycles. The van der Waals surface area contributed by atoms with Gasteiger partial charge < -0.3 is 40.6 Å². The van der Waals surface area contributed by atoms with E-state index in [1.807, 2.05) is 0 Å². The van der Waals surface area contributed by atoms with Crippen LogP contribution in [0.5, 0.6) is 0 Å². The smallest absolute Gasteiger partial charge is 0.305 e. The number of aromatic nitrogens is 4. The van der Waals surface area contributed by atoms with Crippen molar-refractivity contribution in [2.24, 2.45) is 0 Å². The van der Waals surface area contributed by atoms with Gasteiger partial charge in [0, 0.05) is 13.0 Å². The van der Waals surface area contributed by atoms with Crippen molar-refractivity contribution in [3.63, 3.8) is 0 Å². The summed E-state index contributed by atoms with van der Waals surface area (Å²) in [6, 6.07) is -1.21. The number of aliphatic hydroxyl groups excluding tert-OH is 3. The number of amides is 1. The molecule has 3 unspecified atom stereocenters. The minimum Gasteiger partial charge on any atom is -0.469 e. The first-order chi connectivity index (χ1) is 18.2. The van der Waals surface area contributed by atoms with Gasteiger partial charge in [-0.15, -0.1) is 0 Å². The Morgan fingerprint density at radius 2 is 1.84 bits per heavy atom. The molecule has 210 valence electrons. The van der Waals surface area contributed by atoms with Gasteiger partial charge in [-0.25, -0.2) is 9.97 Å². The van der Waals surface area contributed by atoms with Gasteiger partial charge in [0.05, 0.1) is 19.9 Å². The molecular weight excluding hydrogens is 504 g/mol. The Balaban J connectivity index is 1.57. The van der Waals surface area contributed by atoms with E-state index in [9.17, 15) is 29.7 Å². The highest BCUT2D eigenvalue weighted by Gasteiger charge is 2.45. The molecule has 1 saturated heterocycles. The molecule has 1 amide bonds. The number of nitrogens with zero attached hydrogens (tertiary/aromatic N) is 3. The van der Waals surface area contributed by atoms with Gasteiger partial charge in [0.2, 0.25) is 5.95 Å². The lowest BCUT2D eigenvalue weighted by Crippen LogP contribution is -2.64. The number of aromatic amines is 1. The van der Waals surface area contributed by atoms with Crippen molar-refractivity contribution in [3.8, 4) is 0 Å². The number of H-pyrrole nitrogens is 1. The SMILES string of the molecule is COC(=O)CCCCCCCCO[C@@H]1OC(CO)[C@H](O)C(O)C1NC(=O)c1cnc2nc(N)[nH]c(=O)c2n1. The Kier molecular flexibility index (Phi) is 10.8. The molecule has 0 bridgehead atoms. The fourth-order valence-corrected chi connectivity index (χ4v) is 4.03. The van der Waals surface area contributed by atoms with E-state index in [1.165, 1.54) is 7.11 Å². The maximum atomic E-state index is 12.9. The van der Waals surface area contributed by atoms with Crippen LogP contribution in [-0.2, 0) is 19.0 Å². The average Bonchev–Trinajstić information content (AvgIpc) is 2.90. The Morgan fingerprint density at radius 3 is 2.55 bits per heavy atom. The number of nitrogen functional groups attached to an aromatic ring is 1. The van der Waals surface area contributed by atoms with E-state index in [4.69, 9.17) is 15.2 Å². The summed E-state index contributed by atoms with van der Waals surface area (Å²) in [7, 11) is 1.37. The summed E-state index contributed by atoms with van der Waals surface area (Å²) in [4.78, 5) is 50.2. The van der Waals surface area contributed by atoms with Crippen LogP contribution in [0.15, 0.2) is 11.0 Å². The average molecular weight is 539 g/mol. The molecule has 5 atom stereocenters. The molecular formula is C23H34N6O9. The van der Waals surface area contributed by atoms with Crippen molar-refractivity contribution < 1.29 is 39.1 Å². The third kappa shape index (κ3) is 7.64. The van der Waals surface area contributed by atoms with E-state index in [0.29, 0.717) is 12.8 Å². The van der Waals surface area contributed by atoms with Gasteiger partial charge in [0.15, 0.2) is 17.5 Å². The standard InChI is InChI=1S/C23H34N6O9/c1-36-14(31)8-6-4-2-3-5-7-9-37-22-15(18(33)17(32)13(11-30)38-22)27-20(34)12-10-25-19-16(26-12)21(35)29-23(24)28-19/h10,13,15,17-18,22,30,32-33H,2-9,11H2,1H3,(H,27,34)(H3,24,25,28,29,35)/t13?,15?,17-,18?,22+/m0/s1. The van der Waals surface area contributed by atoms with Crippen molar-refractivity contribution in [1.82, 2.24) is 25.3 Å². The molecule has 15 heteroatoms. The normalized spacial score (nSPS) is 23.3. The number of aliphatic hydroxyl groups is 3. The summed E-state index contributed by atoms with van der Waals surface area (Å²) in [5.74, 6) is -1.18. The van der Waals surface area contributed by atoms with Crippen molar-refractivity contribution in [3.05, 3.63) is 22.2 Å². The van der Waals surface area contributed by atoms with Crippen LogP contribution >= 0.6 is 0 Å². The van der Waals surface area contributed by atoms with Crippen LogP contribution in [0.2, 0.25) is 0 Å². The van der Waals surface area contributed by atoms with E-state index in [-0.39, 0.29) is 35.4 Å². The molecule has 0 saturated carbocycles. The van der Waals surface area contributed by atoms with Crippen LogP contribution in [0, 0.1) is 0 Å². The number of hydrogen-bond acceptors (Lipinski definition) is 13. The number of nitrogens with two attached hydrogens (primary N) is 1. The molecule has 0 radical (unpaired) electrons. The van der Waals surface area contributed by atoms with E-state index >= 15 is 0 Å².